The van der Waals surface area contributed by atoms with Gasteiger partial charge in [0.25, 0.3) is 11.2 Å². The molecule has 2 heterocycles. The molecule has 2 aromatic rings. The first-order valence-corrected chi connectivity index (χ1v) is 6.14. The standard InChI is InChI=1S/C12H9N5O5/c18-10-7-8(5-2-1-3-6(4-5)17(21)22)13-11(19)14-9(7)15-12(20)16-10/h1-4,8H,(H4,13,14,15,16,18,19,20). The van der Waals surface area contributed by atoms with Crippen molar-refractivity contribution in [3.63, 3.8) is 0 Å². The Morgan fingerprint density at radius 1 is 1.14 bits per heavy atom. The summed E-state index contributed by atoms with van der Waals surface area (Å²) in [5.74, 6) is -0.0333. The number of H-pyrrole nitrogens is 2. The molecule has 0 saturated heterocycles. The molecule has 0 bridgehead atoms. The van der Waals surface area contributed by atoms with Crippen LogP contribution in [-0.2, 0) is 0 Å². The topological polar surface area (TPSA) is 150 Å². The van der Waals surface area contributed by atoms with Gasteiger partial charge in [-0.25, -0.2) is 9.59 Å². The van der Waals surface area contributed by atoms with Gasteiger partial charge >= 0.3 is 11.7 Å². The fraction of sp³-hybridized carbons (Fsp3) is 0.0833. The van der Waals surface area contributed by atoms with Gasteiger partial charge in [0.2, 0.25) is 0 Å². The van der Waals surface area contributed by atoms with Crippen LogP contribution in [0.2, 0.25) is 0 Å². The van der Waals surface area contributed by atoms with Crippen molar-refractivity contribution < 1.29 is 9.72 Å². The Balaban J connectivity index is 2.19. The first-order valence-electron chi connectivity index (χ1n) is 6.14. The van der Waals surface area contributed by atoms with E-state index in [1.54, 1.807) is 0 Å². The number of nitrogens with zero attached hydrogens (tertiary/aromatic N) is 1. The number of carbonyl (C=O) groups is 1. The molecule has 0 spiro atoms. The van der Waals surface area contributed by atoms with E-state index < -0.39 is 28.2 Å². The molecule has 1 aromatic carbocycles. The molecular formula is C12H9N5O5. The smallest absolute Gasteiger partial charge is 0.327 e. The maximum absolute atomic E-state index is 12.0. The highest BCUT2D eigenvalue weighted by Gasteiger charge is 2.30. The van der Waals surface area contributed by atoms with Gasteiger partial charge in [-0.2, -0.15) is 0 Å². The van der Waals surface area contributed by atoms with E-state index >= 15 is 0 Å². The summed E-state index contributed by atoms with van der Waals surface area (Å²) in [6.07, 6.45) is 0. The number of nitro benzene ring substituents is 1. The normalized spacial score (nSPS) is 16.4. The summed E-state index contributed by atoms with van der Waals surface area (Å²) in [7, 11) is 0. The van der Waals surface area contributed by atoms with Crippen LogP contribution in [0.25, 0.3) is 0 Å². The lowest BCUT2D eigenvalue weighted by Crippen LogP contribution is -2.44. The van der Waals surface area contributed by atoms with E-state index in [1.807, 2.05) is 0 Å². The summed E-state index contributed by atoms with van der Waals surface area (Å²) in [6, 6.07) is 3.99. The first-order chi connectivity index (χ1) is 10.5. The van der Waals surface area contributed by atoms with Gasteiger partial charge in [0.1, 0.15) is 5.82 Å². The van der Waals surface area contributed by atoms with E-state index in [0.29, 0.717) is 5.56 Å². The Kier molecular flexibility index (Phi) is 2.98. The summed E-state index contributed by atoms with van der Waals surface area (Å²) >= 11 is 0. The summed E-state index contributed by atoms with van der Waals surface area (Å²) in [5, 5.41) is 15.7. The van der Waals surface area contributed by atoms with Gasteiger partial charge in [-0.3, -0.25) is 30.2 Å². The second-order valence-electron chi connectivity index (χ2n) is 4.58. The number of nitrogens with one attached hydrogen (secondary N) is 4. The van der Waals surface area contributed by atoms with Crippen LogP contribution in [0.15, 0.2) is 33.9 Å². The summed E-state index contributed by atoms with van der Waals surface area (Å²) in [4.78, 5) is 49.6. The van der Waals surface area contributed by atoms with Crippen molar-refractivity contribution in [3.8, 4) is 0 Å². The van der Waals surface area contributed by atoms with Crippen molar-refractivity contribution in [3.05, 3.63) is 66.3 Å². The predicted octanol–water partition coefficient (Wildman–Crippen LogP) is 0.196. The maximum Gasteiger partial charge on any atom is 0.327 e. The largest absolute Gasteiger partial charge is 0.327 e. The molecule has 0 saturated carbocycles. The van der Waals surface area contributed by atoms with Crippen molar-refractivity contribution in [2.45, 2.75) is 6.04 Å². The molecule has 1 aliphatic heterocycles. The number of non-ortho nitro benzene ring substituents is 1. The van der Waals surface area contributed by atoms with Gasteiger partial charge in [0, 0.05) is 12.1 Å². The van der Waals surface area contributed by atoms with Crippen molar-refractivity contribution in [1.82, 2.24) is 15.3 Å². The fourth-order valence-electron chi connectivity index (χ4n) is 2.29. The minimum absolute atomic E-state index is 0.0333. The quantitative estimate of drug-likeness (QED) is 0.461. The third-order valence-corrected chi connectivity index (χ3v) is 3.20. The Hall–Kier alpha value is -3.43. The summed E-state index contributed by atoms with van der Waals surface area (Å²) in [5.41, 5.74) is -1.21. The van der Waals surface area contributed by atoms with Crippen LogP contribution in [0.5, 0.6) is 0 Å². The van der Waals surface area contributed by atoms with Crippen LogP contribution in [-0.4, -0.2) is 20.9 Å². The fourth-order valence-corrected chi connectivity index (χ4v) is 2.29. The number of urea groups is 1. The highest BCUT2D eigenvalue weighted by molar-refractivity contribution is 5.92. The monoisotopic (exact) mass is 303 g/mol. The minimum atomic E-state index is -0.913. The van der Waals surface area contributed by atoms with Crippen LogP contribution < -0.4 is 21.9 Å². The van der Waals surface area contributed by atoms with Crippen molar-refractivity contribution >= 4 is 17.5 Å². The molecular weight excluding hydrogens is 294 g/mol. The van der Waals surface area contributed by atoms with Gasteiger partial charge in [0.05, 0.1) is 16.5 Å². The Morgan fingerprint density at radius 3 is 2.64 bits per heavy atom. The number of rotatable bonds is 2. The lowest BCUT2D eigenvalue weighted by molar-refractivity contribution is -0.384. The number of amides is 2. The van der Waals surface area contributed by atoms with E-state index in [4.69, 9.17) is 0 Å². The average Bonchev–Trinajstić information content (AvgIpc) is 2.45. The van der Waals surface area contributed by atoms with E-state index in [1.165, 1.54) is 24.3 Å². The molecule has 22 heavy (non-hydrogen) atoms. The van der Waals surface area contributed by atoms with Crippen LogP contribution in [0.1, 0.15) is 17.2 Å². The number of hydrogen-bond acceptors (Lipinski definition) is 5. The number of aromatic nitrogens is 2. The van der Waals surface area contributed by atoms with Gasteiger partial charge in [0.15, 0.2) is 0 Å². The molecule has 0 radical (unpaired) electrons. The lowest BCUT2D eigenvalue weighted by atomic mass is 9.98. The molecule has 112 valence electrons. The molecule has 2 amide bonds. The number of hydrogen-bond donors (Lipinski definition) is 4. The van der Waals surface area contributed by atoms with E-state index in [2.05, 4.69) is 20.6 Å². The maximum atomic E-state index is 12.0. The van der Waals surface area contributed by atoms with Crippen molar-refractivity contribution in [2.24, 2.45) is 0 Å². The third kappa shape index (κ3) is 2.22. The second kappa shape index (κ2) is 4.84. The van der Waals surface area contributed by atoms with Crippen LogP contribution in [0.3, 0.4) is 0 Å². The zero-order chi connectivity index (χ0) is 15.9. The molecule has 1 atom stereocenters. The molecule has 0 fully saturated rings. The number of anilines is 1. The summed E-state index contributed by atoms with van der Waals surface area (Å²) in [6.45, 7) is 0. The van der Waals surface area contributed by atoms with Gasteiger partial charge in [-0.15, -0.1) is 0 Å². The van der Waals surface area contributed by atoms with Crippen LogP contribution in [0, 0.1) is 10.1 Å². The molecule has 10 nitrogen and oxygen atoms in total. The van der Waals surface area contributed by atoms with Crippen molar-refractivity contribution in [1.29, 1.82) is 0 Å². The minimum Gasteiger partial charge on any atom is -0.327 e. The Bertz CT molecular complexity index is 899. The van der Waals surface area contributed by atoms with Crippen molar-refractivity contribution in [2.75, 3.05) is 5.32 Å². The van der Waals surface area contributed by atoms with Gasteiger partial charge in [-0.1, -0.05) is 12.1 Å². The molecule has 0 aliphatic carbocycles. The van der Waals surface area contributed by atoms with E-state index in [9.17, 15) is 24.5 Å². The summed E-state index contributed by atoms with van der Waals surface area (Å²) < 4.78 is 0. The van der Waals surface area contributed by atoms with E-state index in [-0.39, 0.29) is 17.1 Å². The van der Waals surface area contributed by atoms with E-state index in [0.717, 1.165) is 0 Å². The molecule has 4 N–H and O–H groups in total. The van der Waals surface area contributed by atoms with Gasteiger partial charge < -0.3 is 5.32 Å². The third-order valence-electron chi connectivity index (χ3n) is 3.20. The van der Waals surface area contributed by atoms with Crippen LogP contribution >= 0.6 is 0 Å². The number of benzene rings is 1. The van der Waals surface area contributed by atoms with Crippen LogP contribution in [0.4, 0.5) is 16.3 Å². The SMILES string of the molecule is O=C1Nc2[nH]c(=O)[nH]c(=O)c2C(c2cccc([N+](=O)[O-])c2)N1. The number of carbonyl (C=O) groups excluding carboxylic acids is 1. The second-order valence-corrected chi connectivity index (χ2v) is 4.58. The molecule has 3 rings (SSSR count). The lowest BCUT2D eigenvalue weighted by Gasteiger charge is -2.25. The number of fused-ring (bicyclic) bond motifs is 1. The molecule has 1 aromatic heterocycles. The molecule has 1 unspecified atom stereocenters. The molecule has 1 aliphatic rings. The zero-order valence-electron chi connectivity index (χ0n) is 10.9. The molecule has 10 heteroatoms. The average molecular weight is 303 g/mol. The highest BCUT2D eigenvalue weighted by atomic mass is 16.6. The highest BCUT2D eigenvalue weighted by Crippen LogP contribution is 2.28. The Labute approximate surface area is 121 Å². The zero-order valence-corrected chi connectivity index (χ0v) is 10.9. The number of nitro groups is 1. The number of aromatic amines is 2. The van der Waals surface area contributed by atoms with Gasteiger partial charge in [-0.05, 0) is 5.56 Å². The Morgan fingerprint density at radius 2 is 1.91 bits per heavy atom. The first kappa shape index (κ1) is 13.5. The predicted molar refractivity (Wildman–Crippen MR) is 74.8 cm³/mol.